The van der Waals surface area contributed by atoms with Gasteiger partial charge in [-0.05, 0) is 12.1 Å². The topological polar surface area (TPSA) is 28.5 Å². The summed E-state index contributed by atoms with van der Waals surface area (Å²) in [5, 5.41) is 6.09. The first-order valence-corrected chi connectivity index (χ1v) is 4.72. The normalized spacial score (nSPS) is 21.0. The smallest absolute Gasteiger partial charge is 0.148 e. The molecule has 13 heavy (non-hydrogen) atoms. The fourth-order valence-electron chi connectivity index (χ4n) is 1.24. The Labute approximate surface area is 82.0 Å². The summed E-state index contributed by atoms with van der Waals surface area (Å²) in [6.07, 6.45) is 3.64. The Bertz CT molecular complexity index is 299. The second-order valence-electron chi connectivity index (χ2n) is 2.95. The highest BCUT2D eigenvalue weighted by Crippen LogP contribution is 2.16. The largest absolute Gasteiger partial charge is 0.248 e. The minimum atomic E-state index is 0.351. The van der Waals surface area contributed by atoms with E-state index in [1.165, 1.54) is 0 Å². The van der Waals surface area contributed by atoms with Gasteiger partial charge in [0.05, 0.1) is 6.54 Å². The van der Waals surface area contributed by atoms with E-state index in [1.54, 1.807) is 6.20 Å². The Hall–Kier alpha value is -1.09. The van der Waals surface area contributed by atoms with Crippen LogP contribution in [0.3, 0.4) is 0 Å². The Morgan fingerprint density at radius 2 is 2.46 bits per heavy atom. The van der Waals surface area contributed by atoms with Gasteiger partial charge in [-0.2, -0.15) is 5.10 Å². The molecule has 4 heteroatoms. The minimum absolute atomic E-state index is 0.351. The Kier molecular flexibility index (Phi) is 2.45. The van der Waals surface area contributed by atoms with Gasteiger partial charge in [-0.15, -0.1) is 11.6 Å². The molecule has 0 saturated carbocycles. The predicted octanol–water partition coefficient (Wildman–Crippen LogP) is 1.74. The molecule has 1 atom stereocenters. The molecule has 0 aliphatic carbocycles. The molecule has 0 fully saturated rings. The number of hydrazone groups is 1. The molecule has 0 saturated heterocycles. The van der Waals surface area contributed by atoms with Crippen LogP contribution in [0.5, 0.6) is 0 Å². The first-order chi connectivity index (χ1) is 6.40. The molecule has 68 valence electrons. The molecule has 0 spiro atoms. The molecule has 1 aromatic heterocycles. The monoisotopic (exact) mass is 195 g/mol. The summed E-state index contributed by atoms with van der Waals surface area (Å²) in [4.78, 5) is 4.20. The first kappa shape index (κ1) is 8.51. The van der Waals surface area contributed by atoms with Gasteiger partial charge in [-0.1, -0.05) is 6.07 Å². The van der Waals surface area contributed by atoms with Gasteiger partial charge in [0.1, 0.15) is 5.82 Å². The lowest BCUT2D eigenvalue weighted by Gasteiger charge is -2.13. The third-order valence-corrected chi connectivity index (χ3v) is 2.33. The Morgan fingerprint density at radius 3 is 3.08 bits per heavy atom. The quantitative estimate of drug-likeness (QED) is 0.673. The molecule has 1 unspecified atom stereocenters. The fraction of sp³-hybridized carbons (Fsp3) is 0.333. The first-order valence-electron chi connectivity index (χ1n) is 4.19. The molecular weight excluding hydrogens is 186 g/mol. The average Bonchev–Trinajstić information content (AvgIpc) is 2.67. The van der Waals surface area contributed by atoms with Crippen LogP contribution in [0, 0.1) is 5.92 Å². The van der Waals surface area contributed by atoms with Crippen molar-refractivity contribution < 1.29 is 0 Å². The van der Waals surface area contributed by atoms with Crippen LogP contribution < -0.4 is 5.01 Å². The van der Waals surface area contributed by atoms with Crippen LogP contribution >= 0.6 is 11.6 Å². The third-order valence-electron chi connectivity index (χ3n) is 1.94. The lowest BCUT2D eigenvalue weighted by Crippen LogP contribution is -2.19. The summed E-state index contributed by atoms with van der Waals surface area (Å²) in [6.45, 7) is 0.834. The average molecular weight is 196 g/mol. The van der Waals surface area contributed by atoms with Crippen molar-refractivity contribution in [1.29, 1.82) is 0 Å². The number of nitrogens with zero attached hydrogens (tertiary/aromatic N) is 3. The van der Waals surface area contributed by atoms with E-state index < -0.39 is 0 Å². The van der Waals surface area contributed by atoms with Crippen molar-refractivity contribution in [3.8, 4) is 0 Å². The molecule has 1 aliphatic heterocycles. The zero-order chi connectivity index (χ0) is 9.10. The molecule has 1 aromatic rings. The van der Waals surface area contributed by atoms with Gasteiger partial charge in [0.2, 0.25) is 0 Å². The van der Waals surface area contributed by atoms with E-state index in [-0.39, 0.29) is 0 Å². The standard InChI is InChI=1S/C9H10ClN3/c10-5-8-6-12-13(7-8)9-3-1-2-4-11-9/h1-4,6,8H,5,7H2. The van der Waals surface area contributed by atoms with Gasteiger partial charge >= 0.3 is 0 Å². The molecule has 1 aliphatic rings. The summed E-state index contributed by atoms with van der Waals surface area (Å²) in [7, 11) is 0. The molecule has 0 bridgehead atoms. The highest BCUT2D eigenvalue weighted by atomic mass is 35.5. The van der Waals surface area contributed by atoms with Crippen LogP contribution in [0.2, 0.25) is 0 Å². The van der Waals surface area contributed by atoms with Gasteiger partial charge in [-0.3, -0.25) is 0 Å². The maximum absolute atomic E-state index is 5.72. The second kappa shape index (κ2) is 3.75. The van der Waals surface area contributed by atoms with Crippen molar-refractivity contribution >= 4 is 23.6 Å². The second-order valence-corrected chi connectivity index (χ2v) is 3.26. The van der Waals surface area contributed by atoms with Crippen molar-refractivity contribution in [1.82, 2.24) is 4.98 Å². The maximum Gasteiger partial charge on any atom is 0.148 e. The summed E-state index contributed by atoms with van der Waals surface area (Å²) >= 11 is 5.72. The Morgan fingerprint density at radius 1 is 1.54 bits per heavy atom. The summed E-state index contributed by atoms with van der Waals surface area (Å²) < 4.78 is 0. The SMILES string of the molecule is ClCC1C=NN(c2ccccn2)C1. The maximum atomic E-state index is 5.72. The minimum Gasteiger partial charge on any atom is -0.248 e. The van der Waals surface area contributed by atoms with Gasteiger partial charge in [0.15, 0.2) is 0 Å². The number of rotatable bonds is 2. The lowest BCUT2D eigenvalue weighted by atomic mass is 10.2. The van der Waals surface area contributed by atoms with Crippen LogP contribution in [0.4, 0.5) is 5.82 Å². The predicted molar refractivity (Wildman–Crippen MR) is 54.3 cm³/mol. The zero-order valence-electron chi connectivity index (χ0n) is 7.10. The van der Waals surface area contributed by atoms with Crippen LogP contribution in [0.15, 0.2) is 29.5 Å². The van der Waals surface area contributed by atoms with Crippen LogP contribution in [0.25, 0.3) is 0 Å². The van der Waals surface area contributed by atoms with Gasteiger partial charge in [0.25, 0.3) is 0 Å². The summed E-state index contributed by atoms with van der Waals surface area (Å²) in [5.74, 6) is 1.85. The molecular formula is C9H10ClN3. The van der Waals surface area contributed by atoms with Gasteiger partial charge in [0, 0.05) is 24.2 Å². The molecule has 0 radical (unpaired) electrons. The number of hydrogen-bond acceptors (Lipinski definition) is 3. The summed E-state index contributed by atoms with van der Waals surface area (Å²) in [5.41, 5.74) is 0. The van der Waals surface area contributed by atoms with Crippen molar-refractivity contribution in [3.63, 3.8) is 0 Å². The number of pyridine rings is 1. The molecule has 2 heterocycles. The summed E-state index contributed by atoms with van der Waals surface area (Å²) in [6, 6.07) is 5.78. The van der Waals surface area contributed by atoms with E-state index >= 15 is 0 Å². The number of aromatic nitrogens is 1. The van der Waals surface area contributed by atoms with E-state index in [4.69, 9.17) is 11.6 Å². The molecule has 0 N–H and O–H groups in total. The molecule has 2 rings (SSSR count). The number of alkyl halides is 1. The zero-order valence-corrected chi connectivity index (χ0v) is 7.85. The highest BCUT2D eigenvalue weighted by Gasteiger charge is 2.18. The Balaban J connectivity index is 2.09. The van der Waals surface area contributed by atoms with Crippen LogP contribution in [-0.2, 0) is 0 Å². The van der Waals surface area contributed by atoms with Crippen molar-refractivity contribution in [3.05, 3.63) is 24.4 Å². The van der Waals surface area contributed by atoms with E-state index in [2.05, 4.69) is 10.1 Å². The fourth-order valence-corrected chi connectivity index (χ4v) is 1.42. The molecule has 0 aromatic carbocycles. The van der Waals surface area contributed by atoms with Gasteiger partial charge < -0.3 is 0 Å². The van der Waals surface area contributed by atoms with E-state index in [0.29, 0.717) is 11.8 Å². The molecule has 0 amide bonds. The molecule has 3 nitrogen and oxygen atoms in total. The number of halogens is 1. The van der Waals surface area contributed by atoms with E-state index in [9.17, 15) is 0 Å². The van der Waals surface area contributed by atoms with Crippen molar-refractivity contribution in [2.24, 2.45) is 11.0 Å². The van der Waals surface area contributed by atoms with Crippen molar-refractivity contribution in [2.75, 3.05) is 17.4 Å². The highest BCUT2D eigenvalue weighted by molar-refractivity contribution is 6.19. The number of hydrogen-bond donors (Lipinski definition) is 0. The van der Waals surface area contributed by atoms with E-state index in [0.717, 1.165) is 12.4 Å². The number of anilines is 1. The van der Waals surface area contributed by atoms with E-state index in [1.807, 2.05) is 29.4 Å². The van der Waals surface area contributed by atoms with Crippen LogP contribution in [-0.4, -0.2) is 23.6 Å². The van der Waals surface area contributed by atoms with Crippen LogP contribution in [0.1, 0.15) is 0 Å². The van der Waals surface area contributed by atoms with Gasteiger partial charge in [-0.25, -0.2) is 9.99 Å². The third kappa shape index (κ3) is 1.80. The lowest BCUT2D eigenvalue weighted by molar-refractivity contribution is 0.776. The van der Waals surface area contributed by atoms with Crippen molar-refractivity contribution in [2.45, 2.75) is 0 Å².